The third-order valence-corrected chi connectivity index (χ3v) is 3.15. The topological polar surface area (TPSA) is 72.7 Å². The predicted molar refractivity (Wildman–Crippen MR) is 81.5 cm³/mol. The summed E-state index contributed by atoms with van der Waals surface area (Å²) in [6, 6.07) is 11.5. The number of nitro benzene ring substituents is 1. The largest absolute Gasteiger partial charge is 0.484 e. The number of nitrogens with zero attached hydrogens (tertiary/aromatic N) is 2. The number of halogens is 1. The van der Waals surface area contributed by atoms with Gasteiger partial charge in [-0.05, 0) is 23.8 Å². The number of carbonyl (C=O) groups excluding carboxylic acids is 1. The van der Waals surface area contributed by atoms with Crippen LogP contribution in [0.25, 0.3) is 0 Å². The summed E-state index contributed by atoms with van der Waals surface area (Å²) in [5.41, 5.74) is 0.687. The van der Waals surface area contributed by atoms with Crippen LogP contribution >= 0.6 is 0 Å². The maximum Gasteiger partial charge on any atom is 0.273 e. The minimum atomic E-state index is -0.532. The maximum atomic E-state index is 12.8. The van der Waals surface area contributed by atoms with Crippen molar-refractivity contribution >= 4 is 11.6 Å². The molecule has 2 aromatic carbocycles. The zero-order valence-corrected chi connectivity index (χ0v) is 12.4. The highest BCUT2D eigenvalue weighted by Crippen LogP contribution is 2.19. The molecular formula is C16H15FN2O4. The first kappa shape index (κ1) is 16.4. The molecule has 0 radical (unpaired) electrons. The summed E-state index contributed by atoms with van der Waals surface area (Å²) in [5.74, 6) is -0.375. The fraction of sp³-hybridized carbons (Fsp3) is 0.188. The molecule has 6 nitrogen and oxygen atoms in total. The first-order valence-corrected chi connectivity index (χ1v) is 6.81. The Labute approximate surface area is 132 Å². The van der Waals surface area contributed by atoms with Gasteiger partial charge in [0.1, 0.15) is 11.6 Å². The van der Waals surface area contributed by atoms with Crippen LogP contribution in [0.4, 0.5) is 10.1 Å². The van der Waals surface area contributed by atoms with E-state index >= 15 is 0 Å². The first-order chi connectivity index (χ1) is 11.0. The van der Waals surface area contributed by atoms with Crippen molar-refractivity contribution in [2.75, 3.05) is 13.7 Å². The van der Waals surface area contributed by atoms with Crippen molar-refractivity contribution in [3.8, 4) is 5.75 Å². The summed E-state index contributed by atoms with van der Waals surface area (Å²) < 4.78 is 18.1. The highest BCUT2D eigenvalue weighted by molar-refractivity contribution is 5.77. The van der Waals surface area contributed by atoms with Crippen molar-refractivity contribution in [2.24, 2.45) is 0 Å². The lowest BCUT2D eigenvalue weighted by Crippen LogP contribution is -2.30. The molecule has 0 heterocycles. The third-order valence-electron chi connectivity index (χ3n) is 3.15. The van der Waals surface area contributed by atoms with Crippen molar-refractivity contribution in [1.82, 2.24) is 4.90 Å². The van der Waals surface area contributed by atoms with E-state index in [1.165, 1.54) is 35.2 Å². The van der Waals surface area contributed by atoms with E-state index in [1.54, 1.807) is 25.2 Å². The Morgan fingerprint density at radius 2 is 1.96 bits per heavy atom. The second-order valence-electron chi connectivity index (χ2n) is 4.92. The molecule has 0 aliphatic heterocycles. The SMILES string of the molecule is CN(Cc1ccc(F)cc1)C(=O)COc1cccc([N+](=O)[O-])c1. The Balaban J connectivity index is 1.90. The van der Waals surface area contributed by atoms with Gasteiger partial charge in [-0.1, -0.05) is 18.2 Å². The lowest BCUT2D eigenvalue weighted by Gasteiger charge is -2.17. The molecule has 0 aliphatic rings. The number of ether oxygens (including phenoxy) is 1. The number of hydrogen-bond acceptors (Lipinski definition) is 4. The van der Waals surface area contributed by atoms with Gasteiger partial charge in [0.05, 0.1) is 11.0 Å². The van der Waals surface area contributed by atoms with E-state index in [-0.39, 0.29) is 29.8 Å². The van der Waals surface area contributed by atoms with Crippen LogP contribution in [0.1, 0.15) is 5.56 Å². The van der Waals surface area contributed by atoms with Crippen molar-refractivity contribution in [1.29, 1.82) is 0 Å². The van der Waals surface area contributed by atoms with Gasteiger partial charge in [-0.2, -0.15) is 0 Å². The van der Waals surface area contributed by atoms with E-state index in [1.807, 2.05) is 0 Å². The average Bonchev–Trinajstić information content (AvgIpc) is 2.55. The lowest BCUT2D eigenvalue weighted by molar-refractivity contribution is -0.384. The Morgan fingerprint density at radius 1 is 1.26 bits per heavy atom. The standard InChI is InChI=1S/C16H15FN2O4/c1-18(10-12-5-7-13(17)8-6-12)16(20)11-23-15-4-2-3-14(9-15)19(21)22/h2-9H,10-11H2,1H3. The van der Waals surface area contributed by atoms with Gasteiger partial charge < -0.3 is 9.64 Å². The van der Waals surface area contributed by atoms with E-state index in [2.05, 4.69) is 0 Å². The van der Waals surface area contributed by atoms with Crippen LogP contribution in [-0.2, 0) is 11.3 Å². The molecule has 0 fully saturated rings. The van der Waals surface area contributed by atoms with Gasteiger partial charge in [0.2, 0.25) is 0 Å². The Kier molecular flexibility index (Phi) is 5.24. The number of benzene rings is 2. The molecule has 0 unspecified atom stereocenters. The van der Waals surface area contributed by atoms with Crippen LogP contribution in [0.2, 0.25) is 0 Å². The molecule has 0 spiro atoms. The van der Waals surface area contributed by atoms with Gasteiger partial charge in [0.15, 0.2) is 6.61 Å². The molecule has 0 atom stereocenters. The smallest absolute Gasteiger partial charge is 0.273 e. The summed E-state index contributed by atoms with van der Waals surface area (Å²) in [7, 11) is 1.60. The number of amides is 1. The Bertz CT molecular complexity index is 703. The molecule has 23 heavy (non-hydrogen) atoms. The molecule has 0 aliphatic carbocycles. The van der Waals surface area contributed by atoms with Crippen LogP contribution < -0.4 is 4.74 Å². The zero-order valence-electron chi connectivity index (χ0n) is 12.4. The number of nitro groups is 1. The Morgan fingerprint density at radius 3 is 2.61 bits per heavy atom. The van der Waals surface area contributed by atoms with Gasteiger partial charge in [-0.25, -0.2) is 4.39 Å². The van der Waals surface area contributed by atoms with E-state index in [0.717, 1.165) is 5.56 Å². The summed E-state index contributed by atoms with van der Waals surface area (Å²) >= 11 is 0. The molecule has 0 bridgehead atoms. The van der Waals surface area contributed by atoms with Crippen LogP contribution in [0.3, 0.4) is 0 Å². The van der Waals surface area contributed by atoms with Crippen molar-refractivity contribution < 1.29 is 18.8 Å². The first-order valence-electron chi connectivity index (χ1n) is 6.81. The fourth-order valence-electron chi connectivity index (χ4n) is 1.89. The molecule has 7 heteroatoms. The van der Waals surface area contributed by atoms with Crippen molar-refractivity contribution in [3.63, 3.8) is 0 Å². The Hall–Kier alpha value is -2.96. The number of non-ortho nitro benzene ring substituents is 1. The normalized spacial score (nSPS) is 10.2. The van der Waals surface area contributed by atoms with Crippen molar-refractivity contribution in [2.45, 2.75) is 6.54 Å². The van der Waals surface area contributed by atoms with Gasteiger partial charge in [-0.3, -0.25) is 14.9 Å². The van der Waals surface area contributed by atoms with Gasteiger partial charge in [-0.15, -0.1) is 0 Å². The summed E-state index contributed by atoms with van der Waals surface area (Å²) in [6.07, 6.45) is 0. The molecule has 0 saturated heterocycles. The van der Waals surface area contributed by atoms with Crippen molar-refractivity contribution in [3.05, 3.63) is 70.0 Å². The van der Waals surface area contributed by atoms with Crippen LogP contribution in [0, 0.1) is 15.9 Å². The fourth-order valence-corrected chi connectivity index (χ4v) is 1.89. The maximum absolute atomic E-state index is 12.8. The zero-order chi connectivity index (χ0) is 16.8. The van der Waals surface area contributed by atoms with Crippen LogP contribution in [0.15, 0.2) is 48.5 Å². The van der Waals surface area contributed by atoms with E-state index in [4.69, 9.17) is 4.74 Å². The highest BCUT2D eigenvalue weighted by Gasteiger charge is 2.12. The number of hydrogen-bond donors (Lipinski definition) is 0. The van der Waals surface area contributed by atoms with Gasteiger partial charge >= 0.3 is 0 Å². The molecular weight excluding hydrogens is 303 g/mol. The van der Waals surface area contributed by atoms with Gasteiger partial charge in [0.25, 0.3) is 11.6 Å². The second kappa shape index (κ2) is 7.35. The molecule has 0 aromatic heterocycles. The second-order valence-corrected chi connectivity index (χ2v) is 4.92. The predicted octanol–water partition coefficient (Wildman–Crippen LogP) is 2.77. The number of rotatable bonds is 6. The van der Waals surface area contributed by atoms with E-state index in [9.17, 15) is 19.3 Å². The monoisotopic (exact) mass is 318 g/mol. The molecule has 120 valence electrons. The molecule has 1 amide bonds. The molecule has 2 aromatic rings. The number of likely N-dealkylation sites (N-methyl/N-ethyl adjacent to an activating group) is 1. The quantitative estimate of drug-likeness (QED) is 0.606. The van der Waals surface area contributed by atoms with Crippen LogP contribution in [-0.4, -0.2) is 29.4 Å². The molecule has 0 N–H and O–H groups in total. The average molecular weight is 318 g/mol. The number of carbonyl (C=O) groups is 1. The van der Waals surface area contributed by atoms with E-state index in [0.29, 0.717) is 6.54 Å². The molecule has 0 saturated carbocycles. The summed E-state index contributed by atoms with van der Waals surface area (Å²) in [4.78, 5) is 23.6. The lowest BCUT2D eigenvalue weighted by atomic mass is 10.2. The highest BCUT2D eigenvalue weighted by atomic mass is 19.1. The van der Waals surface area contributed by atoms with Crippen LogP contribution in [0.5, 0.6) is 5.75 Å². The minimum absolute atomic E-state index is 0.102. The van der Waals surface area contributed by atoms with E-state index < -0.39 is 4.92 Å². The van der Waals surface area contributed by atoms with Gasteiger partial charge in [0, 0.05) is 19.7 Å². The summed E-state index contributed by atoms with van der Waals surface area (Å²) in [6.45, 7) is 0.0796. The minimum Gasteiger partial charge on any atom is -0.484 e. The third kappa shape index (κ3) is 4.77. The summed E-state index contributed by atoms with van der Waals surface area (Å²) in [5, 5.41) is 10.7. The molecule has 2 rings (SSSR count).